The maximum atomic E-state index is 13.1. The van der Waals surface area contributed by atoms with E-state index >= 15 is 0 Å². The van der Waals surface area contributed by atoms with Gasteiger partial charge in [-0.25, -0.2) is 0 Å². The molecule has 4 rings (SSSR count). The van der Waals surface area contributed by atoms with Gasteiger partial charge in [-0.05, 0) is 36.2 Å². The smallest absolute Gasteiger partial charge is 0.256 e. The van der Waals surface area contributed by atoms with Gasteiger partial charge in [-0.3, -0.25) is 9.69 Å². The van der Waals surface area contributed by atoms with E-state index in [-0.39, 0.29) is 5.91 Å². The van der Waals surface area contributed by atoms with E-state index in [4.69, 9.17) is 4.52 Å². The van der Waals surface area contributed by atoms with Gasteiger partial charge in [0.1, 0.15) is 0 Å². The summed E-state index contributed by atoms with van der Waals surface area (Å²) < 4.78 is 5.03. The van der Waals surface area contributed by atoms with Gasteiger partial charge in [0.05, 0.1) is 11.3 Å². The van der Waals surface area contributed by atoms with E-state index in [0.717, 1.165) is 35.8 Å². The summed E-state index contributed by atoms with van der Waals surface area (Å²) in [7, 11) is 0. The molecule has 0 unspecified atom stereocenters. The molecule has 0 spiro atoms. The van der Waals surface area contributed by atoms with Crippen LogP contribution in [0.2, 0.25) is 0 Å². The Hall–Kier alpha value is -2.29. The summed E-state index contributed by atoms with van der Waals surface area (Å²) in [5, 5.41) is 7.05. The molecule has 6 nitrogen and oxygen atoms in total. The maximum absolute atomic E-state index is 13.1. The fraction of sp³-hybridized carbons (Fsp3) is 0.348. The largest absolute Gasteiger partial charge is 0.340 e. The number of aryl methyl sites for hydroxylation is 1. The van der Waals surface area contributed by atoms with Gasteiger partial charge in [0.15, 0.2) is 5.82 Å². The monoisotopic (exact) mass is 454 g/mol. The van der Waals surface area contributed by atoms with Crippen LogP contribution in [-0.4, -0.2) is 45.5 Å². The molecule has 1 aliphatic rings. The molecular weight excluding hydrogens is 428 g/mol. The summed E-state index contributed by atoms with van der Waals surface area (Å²) in [5.41, 5.74) is 3.90. The number of rotatable bonds is 7. The molecule has 1 fully saturated rings. The van der Waals surface area contributed by atoms with E-state index in [0.29, 0.717) is 23.0 Å². The minimum absolute atomic E-state index is 0.109. The highest BCUT2D eigenvalue weighted by atomic mass is 32.2. The van der Waals surface area contributed by atoms with Crippen LogP contribution in [0.1, 0.15) is 33.2 Å². The molecule has 3 aromatic rings. The lowest BCUT2D eigenvalue weighted by molar-refractivity contribution is 0.102. The molecule has 0 saturated carbocycles. The molecule has 0 radical (unpaired) electrons. The highest BCUT2D eigenvalue weighted by Gasteiger charge is 2.16. The van der Waals surface area contributed by atoms with Crippen molar-refractivity contribution >= 4 is 35.1 Å². The average Bonchev–Trinajstić information content (AvgIpc) is 3.21. The lowest BCUT2D eigenvalue weighted by atomic mass is 10.1. The first kappa shape index (κ1) is 21.9. The van der Waals surface area contributed by atoms with Crippen LogP contribution in [0.25, 0.3) is 0 Å². The van der Waals surface area contributed by atoms with Crippen molar-refractivity contribution < 1.29 is 9.32 Å². The fourth-order valence-electron chi connectivity index (χ4n) is 3.50. The van der Waals surface area contributed by atoms with E-state index in [1.165, 1.54) is 28.8 Å². The molecule has 31 heavy (non-hydrogen) atoms. The first-order valence-corrected chi connectivity index (χ1v) is 12.4. The number of thioether (sulfide) groups is 2. The molecular formula is C23H26N4O2S2. The Bertz CT molecular complexity index is 1050. The first-order chi connectivity index (χ1) is 15.1. The molecule has 2 heterocycles. The number of hydrogen-bond acceptors (Lipinski definition) is 7. The number of hydrogen-bond donors (Lipinski definition) is 1. The molecule has 1 amide bonds. The molecule has 1 aromatic heterocycles. The second kappa shape index (κ2) is 10.3. The van der Waals surface area contributed by atoms with Crippen molar-refractivity contribution in [3.63, 3.8) is 0 Å². The summed E-state index contributed by atoms with van der Waals surface area (Å²) in [6.45, 7) is 7.01. The van der Waals surface area contributed by atoms with Gasteiger partial charge in [0.25, 0.3) is 5.91 Å². The third kappa shape index (κ3) is 5.70. The zero-order valence-corrected chi connectivity index (χ0v) is 19.4. The maximum Gasteiger partial charge on any atom is 0.256 e. The van der Waals surface area contributed by atoms with Crippen LogP contribution < -0.4 is 5.32 Å². The highest BCUT2D eigenvalue weighted by molar-refractivity contribution is 7.99. The van der Waals surface area contributed by atoms with Crippen molar-refractivity contribution in [2.75, 3.05) is 29.9 Å². The third-order valence-electron chi connectivity index (χ3n) is 5.25. The predicted octanol–water partition coefficient (Wildman–Crippen LogP) is 4.78. The van der Waals surface area contributed by atoms with Gasteiger partial charge in [-0.1, -0.05) is 29.4 Å². The fourth-order valence-corrected chi connectivity index (χ4v) is 5.37. The van der Waals surface area contributed by atoms with Crippen molar-refractivity contribution in [2.45, 2.75) is 31.0 Å². The third-order valence-corrected chi connectivity index (χ3v) is 7.26. The summed E-state index contributed by atoms with van der Waals surface area (Å²) >= 11 is 3.54. The second-order valence-corrected chi connectivity index (χ2v) is 9.69. The Morgan fingerprint density at radius 2 is 1.97 bits per heavy atom. The van der Waals surface area contributed by atoms with E-state index in [2.05, 4.69) is 33.3 Å². The standard InChI is InChI=1S/C23H26N4O2S2/c1-16-18(14-27-10-12-30-13-11-27)6-5-8-20(16)25-23(28)19-7-3-4-9-21(19)31-15-22-24-17(2)29-26-22/h3-9H,10-15H2,1-2H3,(H,25,28). The van der Waals surface area contributed by atoms with Crippen molar-refractivity contribution in [1.29, 1.82) is 0 Å². The van der Waals surface area contributed by atoms with Crippen LogP contribution in [0.3, 0.4) is 0 Å². The molecule has 0 aliphatic carbocycles. The number of benzene rings is 2. The van der Waals surface area contributed by atoms with Crippen molar-refractivity contribution in [1.82, 2.24) is 15.0 Å². The first-order valence-electron chi connectivity index (χ1n) is 10.3. The molecule has 1 saturated heterocycles. The van der Waals surface area contributed by atoms with Crippen LogP contribution in [0.15, 0.2) is 51.9 Å². The van der Waals surface area contributed by atoms with E-state index in [9.17, 15) is 4.79 Å². The topological polar surface area (TPSA) is 71.3 Å². The summed E-state index contributed by atoms with van der Waals surface area (Å²) in [4.78, 5) is 20.7. The number of nitrogens with one attached hydrogen (secondary N) is 1. The van der Waals surface area contributed by atoms with Crippen LogP contribution >= 0.6 is 23.5 Å². The number of carbonyl (C=O) groups is 1. The van der Waals surface area contributed by atoms with Crippen LogP contribution in [0.4, 0.5) is 5.69 Å². The molecule has 2 aromatic carbocycles. The summed E-state index contributed by atoms with van der Waals surface area (Å²) in [6.07, 6.45) is 0. The zero-order chi connectivity index (χ0) is 21.6. The molecule has 8 heteroatoms. The summed E-state index contributed by atoms with van der Waals surface area (Å²) in [5.74, 6) is 3.98. The Kier molecular flexibility index (Phi) is 7.32. The van der Waals surface area contributed by atoms with Gasteiger partial charge in [0, 0.05) is 48.6 Å². The molecule has 0 atom stereocenters. The van der Waals surface area contributed by atoms with Gasteiger partial charge < -0.3 is 9.84 Å². The molecule has 1 aliphatic heterocycles. The Morgan fingerprint density at radius 1 is 1.16 bits per heavy atom. The number of amides is 1. The van der Waals surface area contributed by atoms with Gasteiger partial charge >= 0.3 is 0 Å². The number of aromatic nitrogens is 2. The second-order valence-electron chi connectivity index (χ2n) is 7.45. The lowest BCUT2D eigenvalue weighted by Gasteiger charge is -2.27. The van der Waals surface area contributed by atoms with Crippen LogP contribution in [-0.2, 0) is 12.3 Å². The lowest BCUT2D eigenvalue weighted by Crippen LogP contribution is -2.32. The Balaban J connectivity index is 1.46. The Labute approximate surface area is 191 Å². The quantitative estimate of drug-likeness (QED) is 0.515. The van der Waals surface area contributed by atoms with Gasteiger partial charge in [0.2, 0.25) is 5.89 Å². The number of carbonyl (C=O) groups excluding carboxylic acids is 1. The predicted molar refractivity (Wildman–Crippen MR) is 127 cm³/mol. The van der Waals surface area contributed by atoms with E-state index in [1.54, 1.807) is 6.92 Å². The SMILES string of the molecule is Cc1nc(CSc2ccccc2C(=O)Nc2cccc(CN3CCSCC3)c2C)no1. The molecule has 1 N–H and O–H groups in total. The van der Waals surface area contributed by atoms with Crippen LogP contribution in [0, 0.1) is 13.8 Å². The zero-order valence-electron chi connectivity index (χ0n) is 17.8. The minimum Gasteiger partial charge on any atom is -0.340 e. The average molecular weight is 455 g/mol. The molecule has 0 bridgehead atoms. The van der Waals surface area contributed by atoms with E-state index in [1.807, 2.05) is 48.2 Å². The van der Waals surface area contributed by atoms with Gasteiger partial charge in [-0.2, -0.15) is 16.7 Å². The minimum atomic E-state index is -0.109. The molecule has 162 valence electrons. The number of nitrogens with zero attached hydrogens (tertiary/aromatic N) is 3. The Morgan fingerprint density at radius 3 is 2.74 bits per heavy atom. The van der Waals surface area contributed by atoms with Crippen molar-refractivity contribution in [3.8, 4) is 0 Å². The highest BCUT2D eigenvalue weighted by Crippen LogP contribution is 2.27. The van der Waals surface area contributed by atoms with Crippen molar-refractivity contribution in [3.05, 3.63) is 70.9 Å². The van der Waals surface area contributed by atoms with Crippen LogP contribution in [0.5, 0.6) is 0 Å². The van der Waals surface area contributed by atoms with Gasteiger partial charge in [-0.15, -0.1) is 11.8 Å². The van der Waals surface area contributed by atoms with Crippen molar-refractivity contribution in [2.24, 2.45) is 0 Å². The van der Waals surface area contributed by atoms with E-state index < -0.39 is 0 Å². The normalized spacial score (nSPS) is 14.5. The number of anilines is 1. The summed E-state index contributed by atoms with van der Waals surface area (Å²) in [6, 6.07) is 13.8.